The number of rotatable bonds is 6. The van der Waals surface area contributed by atoms with Gasteiger partial charge in [-0.25, -0.2) is 0 Å². The zero-order valence-electron chi connectivity index (χ0n) is 9.91. The van der Waals surface area contributed by atoms with Crippen LogP contribution in [0.5, 0.6) is 0 Å². The predicted molar refractivity (Wildman–Crippen MR) is 71.7 cm³/mol. The molecule has 0 aliphatic heterocycles. The van der Waals surface area contributed by atoms with E-state index in [2.05, 4.69) is 53.3 Å². The largest absolute Gasteiger partial charge is 0.395 e. The van der Waals surface area contributed by atoms with Gasteiger partial charge in [0, 0.05) is 17.1 Å². The molecule has 90 valence electrons. The number of nitrogens with one attached hydrogen (secondary N) is 1. The highest BCUT2D eigenvalue weighted by Crippen LogP contribution is 2.19. The second kappa shape index (κ2) is 7.05. The van der Waals surface area contributed by atoms with Crippen LogP contribution in [0.15, 0.2) is 28.7 Å². The summed E-state index contributed by atoms with van der Waals surface area (Å²) in [5, 5.41) is 12.5. The third kappa shape index (κ3) is 4.24. The van der Waals surface area contributed by atoms with Gasteiger partial charge in [-0.3, -0.25) is 0 Å². The Morgan fingerprint density at radius 1 is 1.44 bits per heavy atom. The van der Waals surface area contributed by atoms with Gasteiger partial charge in [-0.15, -0.1) is 0 Å². The molecule has 16 heavy (non-hydrogen) atoms. The van der Waals surface area contributed by atoms with E-state index in [1.54, 1.807) is 0 Å². The molecule has 0 fully saturated rings. The monoisotopic (exact) mass is 285 g/mol. The fourth-order valence-electron chi connectivity index (χ4n) is 1.61. The molecule has 0 aromatic heterocycles. The molecule has 0 heterocycles. The number of aliphatic hydroxyl groups is 1. The minimum Gasteiger partial charge on any atom is -0.395 e. The van der Waals surface area contributed by atoms with Crippen molar-refractivity contribution in [2.45, 2.75) is 32.2 Å². The van der Waals surface area contributed by atoms with Crippen molar-refractivity contribution >= 4 is 15.9 Å². The Morgan fingerprint density at radius 3 is 2.75 bits per heavy atom. The topological polar surface area (TPSA) is 32.3 Å². The molecule has 0 bridgehead atoms. The summed E-state index contributed by atoms with van der Waals surface area (Å²) in [4.78, 5) is 0. The molecule has 1 unspecified atom stereocenters. The molecule has 2 N–H and O–H groups in total. The lowest BCUT2D eigenvalue weighted by molar-refractivity contribution is 0.238. The molecule has 0 saturated carbocycles. The van der Waals surface area contributed by atoms with E-state index in [4.69, 9.17) is 5.11 Å². The quantitative estimate of drug-likeness (QED) is 0.842. The minimum atomic E-state index is 0.210. The Morgan fingerprint density at radius 2 is 2.19 bits per heavy atom. The minimum absolute atomic E-state index is 0.210. The average Bonchev–Trinajstić information content (AvgIpc) is 2.30. The summed E-state index contributed by atoms with van der Waals surface area (Å²) in [5.41, 5.74) is 1.31. The lowest BCUT2D eigenvalue weighted by Gasteiger charge is -2.18. The normalized spacial score (nSPS) is 14.8. The van der Waals surface area contributed by atoms with Gasteiger partial charge >= 0.3 is 0 Å². The van der Waals surface area contributed by atoms with Crippen LogP contribution in [-0.4, -0.2) is 24.3 Å². The number of hydrogen-bond donors (Lipinski definition) is 2. The van der Waals surface area contributed by atoms with Crippen molar-refractivity contribution < 1.29 is 5.11 Å². The third-order valence-electron chi connectivity index (χ3n) is 2.84. The van der Waals surface area contributed by atoms with Gasteiger partial charge in [0.25, 0.3) is 0 Å². The van der Waals surface area contributed by atoms with Crippen LogP contribution in [0, 0.1) is 0 Å². The van der Waals surface area contributed by atoms with E-state index in [1.807, 2.05) is 6.07 Å². The van der Waals surface area contributed by atoms with Gasteiger partial charge in [0.1, 0.15) is 0 Å². The summed E-state index contributed by atoms with van der Waals surface area (Å²) in [6, 6.07) is 8.59. The highest BCUT2D eigenvalue weighted by Gasteiger charge is 2.08. The fraction of sp³-hybridized carbons (Fsp3) is 0.538. The Balaban J connectivity index is 2.49. The molecule has 1 aromatic carbocycles. The number of benzene rings is 1. The first kappa shape index (κ1) is 13.7. The van der Waals surface area contributed by atoms with Gasteiger partial charge in [0.15, 0.2) is 0 Å². The summed E-state index contributed by atoms with van der Waals surface area (Å²) >= 11 is 3.48. The molecule has 3 heteroatoms. The second-order valence-electron chi connectivity index (χ2n) is 4.15. The number of halogens is 1. The first-order valence-electron chi connectivity index (χ1n) is 5.77. The third-order valence-corrected chi connectivity index (χ3v) is 3.34. The summed E-state index contributed by atoms with van der Waals surface area (Å²) in [6.07, 6.45) is 0.960. The van der Waals surface area contributed by atoms with E-state index >= 15 is 0 Å². The van der Waals surface area contributed by atoms with Gasteiger partial charge in [-0.2, -0.15) is 0 Å². The van der Waals surface area contributed by atoms with Crippen LogP contribution in [0.1, 0.15) is 31.7 Å². The van der Waals surface area contributed by atoms with Gasteiger partial charge in [0.2, 0.25) is 0 Å². The van der Waals surface area contributed by atoms with E-state index in [-0.39, 0.29) is 12.6 Å². The van der Waals surface area contributed by atoms with Crippen molar-refractivity contribution in [3.8, 4) is 0 Å². The Hall–Kier alpha value is -0.380. The Kier molecular flexibility index (Phi) is 6.03. The molecule has 1 rings (SSSR count). The zero-order chi connectivity index (χ0) is 12.0. The summed E-state index contributed by atoms with van der Waals surface area (Å²) in [5.74, 6) is 0.457. The summed E-state index contributed by atoms with van der Waals surface area (Å²) < 4.78 is 1.12. The summed E-state index contributed by atoms with van der Waals surface area (Å²) in [7, 11) is 0. The first-order chi connectivity index (χ1) is 7.67. The van der Waals surface area contributed by atoms with Crippen LogP contribution < -0.4 is 5.32 Å². The van der Waals surface area contributed by atoms with E-state index < -0.39 is 0 Å². The van der Waals surface area contributed by atoms with Crippen LogP contribution in [0.3, 0.4) is 0 Å². The van der Waals surface area contributed by atoms with Crippen molar-refractivity contribution in [2.75, 3.05) is 13.2 Å². The maximum Gasteiger partial charge on any atom is 0.0584 e. The maximum absolute atomic E-state index is 9.08. The van der Waals surface area contributed by atoms with Crippen LogP contribution in [0.25, 0.3) is 0 Å². The standard InChI is InChI=1S/C13H20BrNO/c1-3-13(9-16)15-8-10(2)11-5-4-6-12(14)7-11/h4-7,10,13,15-16H,3,8-9H2,1-2H3/t10?,13-/m1/s1. The molecule has 0 radical (unpaired) electrons. The van der Waals surface area contributed by atoms with Crippen LogP contribution in [0.4, 0.5) is 0 Å². The molecule has 2 atom stereocenters. The first-order valence-corrected chi connectivity index (χ1v) is 6.56. The molecule has 1 aromatic rings. The Labute approximate surface area is 106 Å². The molecular weight excluding hydrogens is 266 g/mol. The SMILES string of the molecule is CC[C@H](CO)NCC(C)c1cccc(Br)c1. The lowest BCUT2D eigenvalue weighted by atomic mass is 10.0. The highest BCUT2D eigenvalue weighted by atomic mass is 79.9. The van der Waals surface area contributed by atoms with E-state index in [9.17, 15) is 0 Å². The molecular formula is C13H20BrNO. The molecule has 0 aliphatic carbocycles. The van der Waals surface area contributed by atoms with Gasteiger partial charge < -0.3 is 10.4 Å². The average molecular weight is 286 g/mol. The molecule has 0 amide bonds. The predicted octanol–water partition coefficient (Wildman–Crippen LogP) is 2.91. The van der Waals surface area contributed by atoms with E-state index in [1.165, 1.54) is 5.56 Å². The summed E-state index contributed by atoms with van der Waals surface area (Å²) in [6.45, 7) is 5.38. The van der Waals surface area contributed by atoms with Gasteiger partial charge in [0.05, 0.1) is 6.61 Å². The molecule has 2 nitrogen and oxygen atoms in total. The highest BCUT2D eigenvalue weighted by molar-refractivity contribution is 9.10. The van der Waals surface area contributed by atoms with Crippen molar-refractivity contribution in [3.05, 3.63) is 34.3 Å². The molecule has 0 saturated heterocycles. The van der Waals surface area contributed by atoms with Crippen LogP contribution in [-0.2, 0) is 0 Å². The second-order valence-corrected chi connectivity index (χ2v) is 5.07. The number of hydrogen-bond acceptors (Lipinski definition) is 2. The van der Waals surface area contributed by atoms with E-state index in [0.29, 0.717) is 5.92 Å². The fourth-order valence-corrected chi connectivity index (χ4v) is 2.03. The maximum atomic E-state index is 9.08. The van der Waals surface area contributed by atoms with Crippen LogP contribution >= 0.6 is 15.9 Å². The van der Waals surface area contributed by atoms with Crippen molar-refractivity contribution in [2.24, 2.45) is 0 Å². The van der Waals surface area contributed by atoms with Gasteiger partial charge in [-0.1, -0.05) is 41.9 Å². The molecule has 0 aliphatic rings. The Bertz CT molecular complexity index is 313. The van der Waals surface area contributed by atoms with Crippen molar-refractivity contribution in [1.82, 2.24) is 5.32 Å². The van der Waals surface area contributed by atoms with Gasteiger partial charge in [-0.05, 0) is 30.0 Å². The van der Waals surface area contributed by atoms with E-state index in [0.717, 1.165) is 17.4 Å². The van der Waals surface area contributed by atoms with Crippen LogP contribution in [0.2, 0.25) is 0 Å². The number of aliphatic hydroxyl groups excluding tert-OH is 1. The smallest absolute Gasteiger partial charge is 0.0584 e. The lowest BCUT2D eigenvalue weighted by Crippen LogP contribution is -2.34. The zero-order valence-corrected chi connectivity index (χ0v) is 11.5. The molecule has 0 spiro atoms. The van der Waals surface area contributed by atoms with Crippen molar-refractivity contribution in [1.29, 1.82) is 0 Å². The van der Waals surface area contributed by atoms with Crippen molar-refractivity contribution in [3.63, 3.8) is 0 Å².